The molecule has 1 aromatic heterocycles. The predicted octanol–water partition coefficient (Wildman–Crippen LogP) is 4.50. The first-order chi connectivity index (χ1) is 13.2. The molecule has 2 aromatic rings. The van der Waals surface area contributed by atoms with Crippen molar-refractivity contribution in [3.05, 3.63) is 53.0 Å². The maximum Gasteiger partial charge on any atom is 0.271 e. The van der Waals surface area contributed by atoms with Crippen molar-refractivity contribution in [1.82, 2.24) is 15.3 Å². The minimum Gasteiger partial charge on any atom is -0.495 e. The molecule has 1 aliphatic rings. The van der Waals surface area contributed by atoms with Crippen LogP contribution in [0.5, 0.6) is 5.75 Å². The van der Waals surface area contributed by atoms with Gasteiger partial charge in [-0.15, -0.1) is 0 Å². The number of amides is 1. The van der Waals surface area contributed by atoms with Crippen molar-refractivity contribution in [2.45, 2.75) is 32.1 Å². The van der Waals surface area contributed by atoms with Gasteiger partial charge in [0, 0.05) is 11.6 Å². The highest BCUT2D eigenvalue weighted by Gasteiger charge is 2.10. The molecule has 142 valence electrons. The molecule has 0 bridgehead atoms. The van der Waals surface area contributed by atoms with Crippen molar-refractivity contribution in [3.63, 3.8) is 0 Å². The first-order valence-electron chi connectivity index (χ1n) is 9.04. The van der Waals surface area contributed by atoms with E-state index >= 15 is 0 Å². The number of allylic oxidation sites excluding steroid dienone is 1. The number of ether oxygens (including phenoxy) is 1. The van der Waals surface area contributed by atoms with Crippen molar-refractivity contribution in [2.75, 3.05) is 19.0 Å². The summed E-state index contributed by atoms with van der Waals surface area (Å²) in [4.78, 5) is 20.7. The van der Waals surface area contributed by atoms with Gasteiger partial charge in [-0.3, -0.25) is 4.79 Å². The van der Waals surface area contributed by atoms with Gasteiger partial charge < -0.3 is 15.4 Å². The minimum atomic E-state index is -0.217. The smallest absolute Gasteiger partial charge is 0.271 e. The van der Waals surface area contributed by atoms with E-state index in [9.17, 15) is 4.79 Å². The summed E-state index contributed by atoms with van der Waals surface area (Å²) in [7, 11) is 1.58. The molecule has 0 unspecified atom stereocenters. The molecular formula is C20H23ClN4O2. The number of hydrogen-bond acceptors (Lipinski definition) is 5. The Bertz CT molecular complexity index is 821. The number of halogens is 1. The zero-order valence-corrected chi connectivity index (χ0v) is 16.1. The lowest BCUT2D eigenvalue weighted by molar-refractivity contribution is 0.0948. The largest absolute Gasteiger partial charge is 0.495 e. The van der Waals surface area contributed by atoms with E-state index in [0.29, 0.717) is 28.8 Å². The number of hydrogen-bond donors (Lipinski definition) is 2. The first kappa shape index (κ1) is 19.2. The highest BCUT2D eigenvalue weighted by molar-refractivity contribution is 6.31. The van der Waals surface area contributed by atoms with Crippen molar-refractivity contribution in [2.24, 2.45) is 0 Å². The molecule has 2 N–H and O–H groups in total. The van der Waals surface area contributed by atoms with Crippen LogP contribution in [0.15, 0.2) is 42.2 Å². The molecule has 1 aromatic carbocycles. The Morgan fingerprint density at radius 2 is 2.15 bits per heavy atom. The van der Waals surface area contributed by atoms with Gasteiger partial charge in [-0.05, 0) is 50.3 Å². The highest BCUT2D eigenvalue weighted by Crippen LogP contribution is 2.29. The molecule has 0 saturated heterocycles. The Morgan fingerprint density at radius 1 is 1.26 bits per heavy atom. The van der Waals surface area contributed by atoms with Crippen LogP contribution in [0.4, 0.5) is 11.5 Å². The van der Waals surface area contributed by atoms with Crippen LogP contribution in [-0.4, -0.2) is 29.5 Å². The molecule has 0 radical (unpaired) electrons. The van der Waals surface area contributed by atoms with Crippen molar-refractivity contribution in [1.29, 1.82) is 0 Å². The predicted molar refractivity (Wildman–Crippen MR) is 107 cm³/mol. The van der Waals surface area contributed by atoms with E-state index in [1.54, 1.807) is 25.3 Å². The van der Waals surface area contributed by atoms with Crippen LogP contribution in [0.2, 0.25) is 5.02 Å². The van der Waals surface area contributed by atoms with Crippen LogP contribution in [-0.2, 0) is 0 Å². The van der Waals surface area contributed by atoms with E-state index in [1.165, 1.54) is 30.8 Å². The van der Waals surface area contributed by atoms with Crippen LogP contribution in [0.3, 0.4) is 0 Å². The SMILES string of the molecule is COc1ccc(Cl)cc1Nc1cnc(C(=O)NCCC2=CCCCC2)cn1. The summed E-state index contributed by atoms with van der Waals surface area (Å²) in [6.07, 6.45) is 11.0. The van der Waals surface area contributed by atoms with Crippen LogP contribution >= 0.6 is 11.6 Å². The quantitative estimate of drug-likeness (QED) is 0.685. The summed E-state index contributed by atoms with van der Waals surface area (Å²) >= 11 is 6.02. The second kappa shape index (κ2) is 9.37. The zero-order valence-electron chi connectivity index (χ0n) is 15.3. The van der Waals surface area contributed by atoms with E-state index in [0.717, 1.165) is 19.3 Å². The lowest BCUT2D eigenvalue weighted by atomic mass is 9.97. The molecule has 0 saturated carbocycles. The molecule has 0 fully saturated rings. The van der Waals surface area contributed by atoms with Gasteiger partial charge in [-0.25, -0.2) is 9.97 Å². The third-order valence-corrected chi connectivity index (χ3v) is 4.66. The second-order valence-electron chi connectivity index (χ2n) is 6.37. The van der Waals surface area contributed by atoms with E-state index in [1.807, 2.05) is 0 Å². The number of carbonyl (C=O) groups is 1. The summed E-state index contributed by atoms with van der Waals surface area (Å²) < 4.78 is 5.29. The van der Waals surface area contributed by atoms with Crippen molar-refractivity contribution < 1.29 is 9.53 Å². The van der Waals surface area contributed by atoms with Gasteiger partial charge in [0.1, 0.15) is 17.3 Å². The summed E-state index contributed by atoms with van der Waals surface area (Å²) in [6.45, 7) is 0.617. The van der Waals surface area contributed by atoms with Gasteiger partial charge in [-0.2, -0.15) is 0 Å². The number of methoxy groups -OCH3 is 1. The summed E-state index contributed by atoms with van der Waals surface area (Å²) in [5, 5.41) is 6.57. The molecule has 6 nitrogen and oxygen atoms in total. The van der Waals surface area contributed by atoms with Gasteiger partial charge in [0.2, 0.25) is 0 Å². The maximum absolute atomic E-state index is 12.2. The molecule has 1 heterocycles. The van der Waals surface area contributed by atoms with Gasteiger partial charge in [0.15, 0.2) is 0 Å². The Hall–Kier alpha value is -2.60. The molecule has 27 heavy (non-hydrogen) atoms. The minimum absolute atomic E-state index is 0.217. The van der Waals surface area contributed by atoms with Gasteiger partial charge in [-0.1, -0.05) is 23.3 Å². The lowest BCUT2D eigenvalue weighted by Crippen LogP contribution is -2.26. The number of anilines is 2. The number of aromatic nitrogens is 2. The molecule has 0 atom stereocenters. The fraction of sp³-hybridized carbons (Fsp3) is 0.350. The van der Waals surface area contributed by atoms with E-state index in [4.69, 9.17) is 16.3 Å². The zero-order chi connectivity index (χ0) is 19.1. The Morgan fingerprint density at radius 3 is 2.85 bits per heavy atom. The number of carbonyl (C=O) groups excluding carboxylic acids is 1. The third kappa shape index (κ3) is 5.44. The van der Waals surface area contributed by atoms with Gasteiger partial charge >= 0.3 is 0 Å². The number of nitrogens with zero attached hydrogens (tertiary/aromatic N) is 2. The molecule has 0 spiro atoms. The topological polar surface area (TPSA) is 76.1 Å². The van der Waals surface area contributed by atoms with Crippen LogP contribution in [0.1, 0.15) is 42.6 Å². The van der Waals surface area contributed by atoms with Crippen molar-refractivity contribution >= 4 is 29.0 Å². The maximum atomic E-state index is 12.2. The molecule has 7 heteroatoms. The number of nitrogens with one attached hydrogen (secondary N) is 2. The summed E-state index contributed by atoms with van der Waals surface area (Å²) in [5.41, 5.74) is 2.40. The Labute approximate surface area is 164 Å². The lowest BCUT2D eigenvalue weighted by Gasteiger charge is -2.13. The van der Waals surface area contributed by atoms with E-state index in [2.05, 4.69) is 26.7 Å². The average molecular weight is 387 g/mol. The van der Waals surface area contributed by atoms with Crippen LogP contribution < -0.4 is 15.4 Å². The average Bonchev–Trinajstić information content (AvgIpc) is 2.69. The van der Waals surface area contributed by atoms with Gasteiger partial charge in [0.25, 0.3) is 5.91 Å². The first-order valence-corrected chi connectivity index (χ1v) is 9.42. The molecule has 3 rings (SSSR count). The fourth-order valence-corrected chi connectivity index (χ4v) is 3.16. The van der Waals surface area contributed by atoms with E-state index in [-0.39, 0.29) is 11.6 Å². The standard InChI is InChI=1S/C20H23ClN4O2/c1-27-18-8-7-15(21)11-16(18)25-19-13-23-17(12-24-19)20(26)22-10-9-14-5-3-2-4-6-14/h5,7-8,11-13H,2-4,6,9-10H2,1H3,(H,22,26)(H,24,25). The Kier molecular flexibility index (Phi) is 6.65. The van der Waals surface area contributed by atoms with Crippen molar-refractivity contribution in [3.8, 4) is 5.75 Å². The number of rotatable bonds is 7. The summed E-state index contributed by atoms with van der Waals surface area (Å²) in [6, 6.07) is 5.25. The number of benzene rings is 1. The normalized spacial score (nSPS) is 13.6. The monoisotopic (exact) mass is 386 g/mol. The summed E-state index contributed by atoms with van der Waals surface area (Å²) in [5.74, 6) is 0.922. The Balaban J connectivity index is 1.56. The molecule has 1 amide bonds. The molecule has 0 aliphatic heterocycles. The van der Waals surface area contributed by atoms with Gasteiger partial charge in [0.05, 0.1) is 25.2 Å². The van der Waals surface area contributed by atoms with Crippen LogP contribution in [0.25, 0.3) is 0 Å². The third-order valence-electron chi connectivity index (χ3n) is 4.43. The molecular weight excluding hydrogens is 364 g/mol. The fourth-order valence-electron chi connectivity index (χ4n) is 2.98. The van der Waals surface area contributed by atoms with E-state index < -0.39 is 0 Å². The van der Waals surface area contributed by atoms with Crippen LogP contribution in [0, 0.1) is 0 Å². The second-order valence-corrected chi connectivity index (χ2v) is 6.81. The molecule has 1 aliphatic carbocycles. The highest BCUT2D eigenvalue weighted by atomic mass is 35.5.